The molecule has 0 spiro atoms. The van der Waals surface area contributed by atoms with Crippen molar-refractivity contribution in [3.63, 3.8) is 0 Å². The third kappa shape index (κ3) is 2.49. The van der Waals surface area contributed by atoms with Gasteiger partial charge in [0.05, 0.1) is 11.2 Å². The van der Waals surface area contributed by atoms with Gasteiger partial charge >= 0.3 is 0 Å². The van der Waals surface area contributed by atoms with Crippen molar-refractivity contribution in [3.05, 3.63) is 40.4 Å². The van der Waals surface area contributed by atoms with E-state index in [1.165, 1.54) is 19.1 Å². The molecule has 1 fully saturated rings. The third-order valence-corrected chi connectivity index (χ3v) is 3.89. The number of nitrogens with zero attached hydrogens (tertiary/aromatic N) is 2. The van der Waals surface area contributed by atoms with Crippen LogP contribution >= 0.6 is 0 Å². The van der Waals surface area contributed by atoms with Gasteiger partial charge < -0.3 is 14.8 Å². The SMILES string of the molecule is CC(=O)N1CCN(c2cc3[nH]ccc(=O)c3cc2F)CC1. The van der Waals surface area contributed by atoms with Crippen LogP contribution in [0.5, 0.6) is 0 Å². The molecule has 0 saturated carbocycles. The lowest BCUT2D eigenvalue weighted by molar-refractivity contribution is -0.129. The predicted molar refractivity (Wildman–Crippen MR) is 79.0 cm³/mol. The summed E-state index contributed by atoms with van der Waals surface area (Å²) in [5.74, 6) is -0.367. The summed E-state index contributed by atoms with van der Waals surface area (Å²) in [7, 11) is 0. The smallest absolute Gasteiger partial charge is 0.219 e. The Morgan fingerprint density at radius 1 is 1.24 bits per heavy atom. The minimum atomic E-state index is -0.407. The van der Waals surface area contributed by atoms with Crippen LogP contribution in [0.15, 0.2) is 29.2 Å². The van der Waals surface area contributed by atoms with Crippen LogP contribution in [0.4, 0.5) is 10.1 Å². The number of aromatic nitrogens is 1. The fourth-order valence-corrected chi connectivity index (χ4v) is 2.69. The number of nitrogens with one attached hydrogen (secondary N) is 1. The highest BCUT2D eigenvalue weighted by atomic mass is 19.1. The van der Waals surface area contributed by atoms with Gasteiger partial charge in [-0.05, 0) is 12.1 Å². The number of hydrogen-bond acceptors (Lipinski definition) is 3. The second-order valence-corrected chi connectivity index (χ2v) is 5.18. The maximum atomic E-state index is 14.3. The third-order valence-electron chi connectivity index (χ3n) is 3.89. The van der Waals surface area contributed by atoms with E-state index in [2.05, 4.69) is 4.98 Å². The van der Waals surface area contributed by atoms with E-state index < -0.39 is 5.82 Å². The Morgan fingerprint density at radius 3 is 2.62 bits per heavy atom. The number of fused-ring (bicyclic) bond motifs is 1. The molecule has 1 aromatic carbocycles. The topological polar surface area (TPSA) is 56.4 Å². The summed E-state index contributed by atoms with van der Waals surface area (Å²) in [6, 6.07) is 4.32. The fraction of sp³-hybridized carbons (Fsp3) is 0.333. The van der Waals surface area contributed by atoms with Gasteiger partial charge in [-0.15, -0.1) is 0 Å². The molecule has 1 aromatic heterocycles. The number of carbonyl (C=O) groups excluding carboxylic acids is 1. The Balaban J connectivity index is 1.93. The summed E-state index contributed by atoms with van der Waals surface area (Å²) in [5.41, 5.74) is 0.885. The van der Waals surface area contributed by atoms with E-state index in [-0.39, 0.29) is 11.3 Å². The lowest BCUT2D eigenvalue weighted by atomic mass is 10.1. The Kier molecular flexibility index (Phi) is 3.37. The normalized spacial score (nSPS) is 15.5. The van der Waals surface area contributed by atoms with Gasteiger partial charge in [0.25, 0.3) is 0 Å². The van der Waals surface area contributed by atoms with Crippen LogP contribution in [0.2, 0.25) is 0 Å². The van der Waals surface area contributed by atoms with Crippen molar-refractivity contribution in [1.29, 1.82) is 0 Å². The quantitative estimate of drug-likeness (QED) is 0.862. The molecule has 1 aliphatic heterocycles. The van der Waals surface area contributed by atoms with E-state index in [9.17, 15) is 14.0 Å². The van der Waals surface area contributed by atoms with E-state index in [4.69, 9.17) is 0 Å². The molecule has 2 heterocycles. The summed E-state index contributed by atoms with van der Waals surface area (Å²) < 4.78 is 14.3. The molecule has 0 atom stereocenters. The molecule has 0 bridgehead atoms. The second kappa shape index (κ2) is 5.20. The summed E-state index contributed by atoms with van der Waals surface area (Å²) in [6.45, 7) is 3.87. The van der Waals surface area contributed by atoms with E-state index in [1.54, 1.807) is 17.2 Å². The van der Waals surface area contributed by atoms with Gasteiger partial charge in [0.15, 0.2) is 5.43 Å². The molecule has 1 saturated heterocycles. The summed E-state index contributed by atoms with van der Waals surface area (Å²) in [5, 5.41) is 0.348. The predicted octanol–water partition coefficient (Wildman–Crippen LogP) is 1.34. The first-order valence-corrected chi connectivity index (χ1v) is 6.87. The van der Waals surface area contributed by atoms with E-state index >= 15 is 0 Å². The van der Waals surface area contributed by atoms with Crippen molar-refractivity contribution in [2.24, 2.45) is 0 Å². The van der Waals surface area contributed by atoms with Gasteiger partial charge in [-0.25, -0.2) is 4.39 Å². The van der Waals surface area contributed by atoms with E-state index in [1.807, 2.05) is 4.90 Å². The second-order valence-electron chi connectivity index (χ2n) is 5.18. The molecule has 0 unspecified atom stereocenters. The van der Waals surface area contributed by atoms with Crippen LogP contribution in [0.25, 0.3) is 10.9 Å². The summed E-state index contributed by atoms with van der Waals surface area (Å²) in [6.07, 6.45) is 1.56. The van der Waals surface area contributed by atoms with Crippen LogP contribution in [-0.4, -0.2) is 42.0 Å². The minimum Gasteiger partial charge on any atom is -0.366 e. The van der Waals surface area contributed by atoms with E-state index in [0.717, 1.165) is 0 Å². The van der Waals surface area contributed by atoms with E-state index in [0.29, 0.717) is 42.8 Å². The molecule has 0 aliphatic carbocycles. The monoisotopic (exact) mass is 289 g/mol. The summed E-state index contributed by atoms with van der Waals surface area (Å²) in [4.78, 5) is 29.6. The molecule has 6 heteroatoms. The van der Waals surface area contributed by atoms with Crippen LogP contribution in [-0.2, 0) is 4.79 Å². The Labute approximate surface area is 121 Å². The van der Waals surface area contributed by atoms with Gasteiger partial charge in [-0.1, -0.05) is 0 Å². The fourth-order valence-electron chi connectivity index (χ4n) is 2.69. The van der Waals surface area contributed by atoms with Gasteiger partial charge in [0.2, 0.25) is 5.91 Å². The molecule has 1 amide bonds. The van der Waals surface area contributed by atoms with Gasteiger partial charge in [0, 0.05) is 50.8 Å². The molecule has 2 aromatic rings. The molecule has 110 valence electrons. The number of carbonyl (C=O) groups is 1. The highest BCUT2D eigenvalue weighted by Gasteiger charge is 2.21. The largest absolute Gasteiger partial charge is 0.366 e. The Bertz CT molecular complexity index is 748. The number of H-pyrrole nitrogens is 1. The highest BCUT2D eigenvalue weighted by Crippen LogP contribution is 2.24. The first-order valence-electron chi connectivity index (χ1n) is 6.87. The number of piperazine rings is 1. The average molecular weight is 289 g/mol. The number of benzene rings is 1. The van der Waals surface area contributed by atoms with Crippen LogP contribution < -0.4 is 10.3 Å². The number of aromatic amines is 1. The number of anilines is 1. The van der Waals surface area contributed by atoms with Gasteiger partial charge in [-0.3, -0.25) is 9.59 Å². The number of pyridine rings is 1. The average Bonchev–Trinajstić information content (AvgIpc) is 2.48. The minimum absolute atomic E-state index is 0.0398. The van der Waals surface area contributed by atoms with Gasteiger partial charge in [0.1, 0.15) is 5.82 Å². The highest BCUT2D eigenvalue weighted by molar-refractivity contribution is 5.82. The number of rotatable bonds is 1. The molecule has 5 nitrogen and oxygen atoms in total. The number of halogens is 1. The zero-order valence-corrected chi connectivity index (χ0v) is 11.7. The molecular formula is C15H16FN3O2. The molecular weight excluding hydrogens is 273 g/mol. The number of amides is 1. The van der Waals surface area contributed by atoms with Crippen LogP contribution in [0.1, 0.15) is 6.92 Å². The standard InChI is InChI=1S/C15H16FN3O2/c1-10(20)18-4-6-19(7-5-18)14-9-13-11(8-12(14)16)15(21)2-3-17-13/h2-3,8-9H,4-7H2,1H3,(H,17,21). The maximum absolute atomic E-state index is 14.3. The van der Waals surface area contributed by atoms with Crippen molar-refractivity contribution < 1.29 is 9.18 Å². The molecule has 21 heavy (non-hydrogen) atoms. The molecule has 1 N–H and O–H groups in total. The van der Waals surface area contributed by atoms with Crippen LogP contribution in [0, 0.1) is 5.82 Å². The summed E-state index contributed by atoms with van der Waals surface area (Å²) >= 11 is 0. The Hall–Kier alpha value is -2.37. The lowest BCUT2D eigenvalue weighted by Gasteiger charge is -2.35. The maximum Gasteiger partial charge on any atom is 0.219 e. The molecule has 1 aliphatic rings. The van der Waals surface area contributed by atoms with Crippen molar-refractivity contribution >= 4 is 22.5 Å². The van der Waals surface area contributed by atoms with Crippen molar-refractivity contribution in [1.82, 2.24) is 9.88 Å². The van der Waals surface area contributed by atoms with Crippen molar-refractivity contribution in [2.75, 3.05) is 31.1 Å². The Morgan fingerprint density at radius 2 is 1.95 bits per heavy atom. The van der Waals surface area contributed by atoms with Crippen molar-refractivity contribution in [2.45, 2.75) is 6.92 Å². The van der Waals surface area contributed by atoms with Crippen LogP contribution in [0.3, 0.4) is 0 Å². The van der Waals surface area contributed by atoms with Crippen molar-refractivity contribution in [3.8, 4) is 0 Å². The lowest BCUT2D eigenvalue weighted by Crippen LogP contribution is -2.48. The zero-order valence-electron chi connectivity index (χ0n) is 11.7. The first kappa shape index (κ1) is 13.6. The molecule has 0 radical (unpaired) electrons. The zero-order chi connectivity index (χ0) is 15.0. The molecule has 3 rings (SSSR count). The van der Waals surface area contributed by atoms with Gasteiger partial charge in [-0.2, -0.15) is 0 Å². The first-order chi connectivity index (χ1) is 10.1. The number of hydrogen-bond donors (Lipinski definition) is 1.